The number of aromatic nitrogens is 3. The number of hydrogen-bond donors (Lipinski definition) is 1. The third kappa shape index (κ3) is 1.10. The molecule has 2 aromatic heterocycles. The van der Waals surface area contributed by atoms with Gasteiger partial charge >= 0.3 is 0 Å². The topological polar surface area (TPSA) is 42.5 Å². The highest BCUT2D eigenvalue weighted by Gasteiger charge is 2.06. The van der Waals surface area contributed by atoms with Gasteiger partial charge in [0.25, 0.3) is 0 Å². The van der Waals surface area contributed by atoms with E-state index in [2.05, 4.69) is 11.0 Å². The molecular weight excluding hydrogens is 166 g/mol. The van der Waals surface area contributed by atoms with Gasteiger partial charge in [0, 0.05) is 18.0 Å². The Morgan fingerprint density at radius 1 is 1.54 bits per heavy atom. The average Bonchev–Trinajstić information content (AvgIpc) is 2.68. The number of terminal acetylenes is 1. The van der Waals surface area contributed by atoms with Crippen molar-refractivity contribution in [1.29, 1.82) is 0 Å². The minimum absolute atomic E-state index is 0.0158. The molecule has 0 aliphatic heterocycles. The molecule has 0 unspecified atom stereocenters. The molecule has 0 saturated carbocycles. The normalized spacial score (nSPS) is 10.5. The van der Waals surface area contributed by atoms with Crippen LogP contribution in [-0.2, 0) is 13.2 Å². The summed E-state index contributed by atoms with van der Waals surface area (Å²) in [6, 6.07) is 0. The summed E-state index contributed by atoms with van der Waals surface area (Å²) in [4.78, 5) is 0. The second-order valence-electron chi connectivity index (χ2n) is 2.73. The summed E-state index contributed by atoms with van der Waals surface area (Å²) in [6.07, 6.45) is 10.5. The smallest absolute Gasteiger partial charge is 0.142 e. The van der Waals surface area contributed by atoms with Crippen LogP contribution in [0.15, 0.2) is 18.6 Å². The second kappa shape index (κ2) is 2.96. The lowest BCUT2D eigenvalue weighted by molar-refractivity contribution is 0.283. The molecule has 0 radical (unpaired) electrons. The van der Waals surface area contributed by atoms with Gasteiger partial charge in [0.2, 0.25) is 0 Å². The fourth-order valence-corrected chi connectivity index (χ4v) is 1.37. The van der Waals surface area contributed by atoms with Crippen LogP contribution in [0.25, 0.3) is 5.65 Å². The number of fused-ring (bicyclic) bond motifs is 1. The molecule has 0 spiro atoms. The number of aliphatic hydroxyl groups is 1. The monoisotopic (exact) mass is 175 g/mol. The van der Waals surface area contributed by atoms with Crippen LogP contribution in [0.5, 0.6) is 0 Å². The Morgan fingerprint density at radius 3 is 3.08 bits per heavy atom. The van der Waals surface area contributed by atoms with Crippen molar-refractivity contribution in [2.45, 2.75) is 13.2 Å². The molecule has 4 nitrogen and oxygen atoms in total. The Labute approximate surface area is 75.4 Å². The van der Waals surface area contributed by atoms with Gasteiger partial charge in [-0.25, -0.2) is 4.52 Å². The highest BCUT2D eigenvalue weighted by molar-refractivity contribution is 5.47. The molecule has 0 saturated heterocycles. The van der Waals surface area contributed by atoms with Crippen LogP contribution in [0.1, 0.15) is 5.56 Å². The van der Waals surface area contributed by atoms with Gasteiger partial charge in [-0.15, -0.1) is 6.42 Å². The van der Waals surface area contributed by atoms with Crippen LogP contribution >= 0.6 is 0 Å². The molecule has 2 aromatic rings. The van der Waals surface area contributed by atoms with E-state index in [1.807, 2.05) is 17.0 Å². The van der Waals surface area contributed by atoms with Gasteiger partial charge in [0.1, 0.15) is 5.65 Å². The van der Waals surface area contributed by atoms with E-state index >= 15 is 0 Å². The predicted molar refractivity (Wildman–Crippen MR) is 47.9 cm³/mol. The lowest BCUT2D eigenvalue weighted by Gasteiger charge is -1.97. The van der Waals surface area contributed by atoms with Crippen molar-refractivity contribution < 1.29 is 5.11 Å². The Balaban J connectivity index is 2.63. The predicted octanol–water partition coefficient (Wildman–Crippen LogP) is 0.261. The van der Waals surface area contributed by atoms with Gasteiger partial charge < -0.3 is 9.67 Å². The molecule has 66 valence electrons. The van der Waals surface area contributed by atoms with Crippen molar-refractivity contribution >= 4 is 5.65 Å². The van der Waals surface area contributed by atoms with Crippen LogP contribution in [-0.4, -0.2) is 19.3 Å². The van der Waals surface area contributed by atoms with Gasteiger partial charge in [0.05, 0.1) is 19.3 Å². The van der Waals surface area contributed by atoms with Crippen molar-refractivity contribution in [3.05, 3.63) is 24.2 Å². The number of rotatable bonds is 2. The van der Waals surface area contributed by atoms with Crippen LogP contribution < -0.4 is 0 Å². The summed E-state index contributed by atoms with van der Waals surface area (Å²) in [5.74, 6) is 2.54. The molecule has 0 fully saturated rings. The van der Waals surface area contributed by atoms with E-state index in [0.717, 1.165) is 11.2 Å². The fourth-order valence-electron chi connectivity index (χ4n) is 1.37. The molecule has 0 atom stereocenters. The van der Waals surface area contributed by atoms with E-state index in [9.17, 15) is 0 Å². The Bertz CT molecular complexity index is 461. The van der Waals surface area contributed by atoms with Gasteiger partial charge in [-0.2, -0.15) is 5.10 Å². The van der Waals surface area contributed by atoms with Crippen LogP contribution in [0.2, 0.25) is 0 Å². The van der Waals surface area contributed by atoms with E-state index in [-0.39, 0.29) is 6.61 Å². The zero-order valence-electron chi connectivity index (χ0n) is 7.01. The van der Waals surface area contributed by atoms with Crippen molar-refractivity contribution in [2.24, 2.45) is 0 Å². The second-order valence-corrected chi connectivity index (χ2v) is 2.73. The fraction of sp³-hybridized carbons (Fsp3) is 0.222. The molecule has 13 heavy (non-hydrogen) atoms. The van der Waals surface area contributed by atoms with Crippen molar-refractivity contribution in [3.8, 4) is 12.3 Å². The standard InChI is InChI=1S/C9H9N3O/c1-2-3-11-4-5-12-9(11)8(7-13)6-10-12/h1,4-6,13H,3,7H2. The molecule has 4 heteroatoms. The average molecular weight is 175 g/mol. The summed E-state index contributed by atoms with van der Waals surface area (Å²) < 4.78 is 3.57. The first-order chi connectivity index (χ1) is 6.36. The first-order valence-corrected chi connectivity index (χ1v) is 3.92. The zero-order chi connectivity index (χ0) is 9.26. The molecule has 0 aliphatic carbocycles. The van der Waals surface area contributed by atoms with E-state index in [1.165, 1.54) is 0 Å². The molecule has 2 heterocycles. The highest BCUT2D eigenvalue weighted by atomic mass is 16.3. The maximum Gasteiger partial charge on any atom is 0.142 e. The minimum Gasteiger partial charge on any atom is -0.391 e. The summed E-state index contributed by atoms with van der Waals surface area (Å²) in [5, 5.41) is 13.1. The van der Waals surface area contributed by atoms with Crippen LogP contribution in [0.3, 0.4) is 0 Å². The zero-order valence-corrected chi connectivity index (χ0v) is 7.01. The maximum atomic E-state index is 9.02. The number of hydrogen-bond acceptors (Lipinski definition) is 2. The van der Waals surface area contributed by atoms with E-state index in [4.69, 9.17) is 11.5 Å². The van der Waals surface area contributed by atoms with Crippen LogP contribution in [0, 0.1) is 12.3 Å². The van der Waals surface area contributed by atoms with Gasteiger partial charge in [-0.05, 0) is 0 Å². The molecule has 1 N–H and O–H groups in total. The molecule has 2 rings (SSSR count). The summed E-state index contributed by atoms with van der Waals surface area (Å²) >= 11 is 0. The number of aliphatic hydroxyl groups excluding tert-OH is 1. The van der Waals surface area contributed by atoms with Gasteiger partial charge in [0.15, 0.2) is 0 Å². The minimum atomic E-state index is -0.0158. The molecule has 0 bridgehead atoms. The lowest BCUT2D eigenvalue weighted by Crippen LogP contribution is -1.96. The molecule has 0 aromatic carbocycles. The van der Waals surface area contributed by atoms with Crippen molar-refractivity contribution in [2.75, 3.05) is 0 Å². The van der Waals surface area contributed by atoms with E-state index in [0.29, 0.717) is 6.54 Å². The quantitative estimate of drug-likeness (QED) is 0.665. The SMILES string of the molecule is C#CCn1ccn2ncc(CO)c12. The third-order valence-corrected chi connectivity index (χ3v) is 1.93. The maximum absolute atomic E-state index is 9.02. The highest BCUT2D eigenvalue weighted by Crippen LogP contribution is 2.11. The molecule has 0 aliphatic rings. The molecular formula is C9H9N3O. The number of imidazole rings is 1. The van der Waals surface area contributed by atoms with Gasteiger partial charge in [-0.1, -0.05) is 5.92 Å². The largest absolute Gasteiger partial charge is 0.391 e. The van der Waals surface area contributed by atoms with Crippen molar-refractivity contribution in [3.63, 3.8) is 0 Å². The van der Waals surface area contributed by atoms with Crippen molar-refractivity contribution in [1.82, 2.24) is 14.2 Å². The summed E-state index contributed by atoms with van der Waals surface area (Å²) in [7, 11) is 0. The third-order valence-electron chi connectivity index (χ3n) is 1.93. The Hall–Kier alpha value is -1.73. The molecule has 0 amide bonds. The van der Waals surface area contributed by atoms with E-state index in [1.54, 1.807) is 10.7 Å². The Kier molecular flexibility index (Phi) is 1.80. The van der Waals surface area contributed by atoms with Gasteiger partial charge in [-0.3, -0.25) is 0 Å². The first-order valence-electron chi connectivity index (χ1n) is 3.92. The first kappa shape index (κ1) is 7.90. The van der Waals surface area contributed by atoms with E-state index < -0.39 is 0 Å². The summed E-state index contributed by atoms with van der Waals surface area (Å²) in [5.41, 5.74) is 1.65. The number of nitrogens with zero attached hydrogens (tertiary/aromatic N) is 3. The van der Waals surface area contributed by atoms with Crippen LogP contribution in [0.4, 0.5) is 0 Å². The summed E-state index contributed by atoms with van der Waals surface area (Å²) in [6.45, 7) is 0.479. The Morgan fingerprint density at radius 2 is 2.38 bits per heavy atom. The lowest BCUT2D eigenvalue weighted by atomic mass is 10.3.